The number of aliphatic hydroxyl groups is 1. The molecule has 0 aliphatic heterocycles. The summed E-state index contributed by atoms with van der Waals surface area (Å²) in [5.74, 6) is -3.39. The fraction of sp³-hybridized carbons (Fsp3) is 0.679. The zero-order valence-electron chi connectivity index (χ0n) is 23.3. The van der Waals surface area contributed by atoms with Crippen molar-refractivity contribution in [3.8, 4) is 0 Å². The van der Waals surface area contributed by atoms with E-state index in [9.17, 15) is 29.1 Å². The van der Waals surface area contributed by atoms with Gasteiger partial charge >= 0.3 is 23.9 Å². The highest BCUT2D eigenvalue weighted by Crippen LogP contribution is 2.53. The van der Waals surface area contributed by atoms with Crippen LogP contribution in [0.15, 0.2) is 22.8 Å². The van der Waals surface area contributed by atoms with Crippen molar-refractivity contribution in [2.45, 2.75) is 105 Å². The lowest BCUT2D eigenvalue weighted by molar-refractivity contribution is -0.171. The maximum Gasteiger partial charge on any atom is 0.303 e. The Balaban J connectivity index is 2.38. The van der Waals surface area contributed by atoms with Gasteiger partial charge < -0.3 is 24.1 Å². The monoisotopic (exact) mass is 534 g/mol. The second kappa shape index (κ2) is 10.6. The molecule has 38 heavy (non-hydrogen) atoms. The van der Waals surface area contributed by atoms with Gasteiger partial charge in [0.1, 0.15) is 18.3 Å². The van der Waals surface area contributed by atoms with Crippen molar-refractivity contribution < 1.29 is 48.0 Å². The van der Waals surface area contributed by atoms with Crippen LogP contribution in [-0.2, 0) is 42.9 Å². The number of ketones is 1. The van der Waals surface area contributed by atoms with Crippen LogP contribution < -0.4 is 0 Å². The van der Waals surface area contributed by atoms with Gasteiger partial charge in [-0.1, -0.05) is 13.8 Å². The first-order valence-corrected chi connectivity index (χ1v) is 12.8. The molecule has 0 radical (unpaired) electrons. The topological polar surface area (TPSA) is 143 Å². The summed E-state index contributed by atoms with van der Waals surface area (Å²) in [5.41, 5.74) is -0.814. The third kappa shape index (κ3) is 5.55. The maximum absolute atomic E-state index is 14.4. The number of Topliss-reactive ketones (excluding diaryl/α,β-unsaturated/α-hetero) is 1. The van der Waals surface area contributed by atoms with Crippen LogP contribution in [0.25, 0.3) is 0 Å². The molecule has 0 heterocycles. The zero-order valence-corrected chi connectivity index (χ0v) is 23.3. The third-order valence-corrected chi connectivity index (χ3v) is 8.18. The predicted octanol–water partition coefficient (Wildman–Crippen LogP) is 2.75. The molecule has 3 aliphatic carbocycles. The van der Waals surface area contributed by atoms with Crippen molar-refractivity contribution in [1.29, 1.82) is 0 Å². The lowest BCUT2D eigenvalue weighted by Gasteiger charge is -2.51. The molecule has 1 fully saturated rings. The van der Waals surface area contributed by atoms with E-state index in [1.165, 1.54) is 27.7 Å². The Bertz CT molecular complexity index is 1100. The molecule has 0 amide bonds. The summed E-state index contributed by atoms with van der Waals surface area (Å²) >= 11 is 0. The molecule has 7 atom stereocenters. The number of hydrogen-bond acceptors (Lipinski definition) is 10. The summed E-state index contributed by atoms with van der Waals surface area (Å²) < 4.78 is 22.7. The summed E-state index contributed by atoms with van der Waals surface area (Å²) in [5, 5.41) is 11.0. The van der Waals surface area contributed by atoms with E-state index in [2.05, 4.69) is 0 Å². The molecule has 0 aromatic carbocycles. The molecule has 10 nitrogen and oxygen atoms in total. The molecule has 0 spiro atoms. The molecule has 3 aliphatic rings. The number of hydrogen-bond donors (Lipinski definition) is 1. The van der Waals surface area contributed by atoms with Gasteiger partial charge in [0.25, 0.3) is 0 Å². The number of ether oxygens (including phenoxy) is 4. The normalized spacial score (nSPS) is 34.4. The van der Waals surface area contributed by atoms with Gasteiger partial charge in [-0.2, -0.15) is 0 Å². The molecule has 0 saturated heterocycles. The Labute approximate surface area is 222 Å². The largest absolute Gasteiger partial charge is 0.461 e. The minimum atomic E-state index is -1.39. The SMILES string of the molecule is CC(=O)O[C@H]1C(=O)[C@@]2(C)CC(=C[C@H](OC(C)=O)[C@@H]3C[C@H](OC(C)=O)C(C)=C1C3(C)C)[C@@H](O)C[C@@H]2OC(C)=O. The van der Waals surface area contributed by atoms with Crippen molar-refractivity contribution in [1.82, 2.24) is 0 Å². The van der Waals surface area contributed by atoms with Crippen LogP contribution in [0.1, 0.15) is 74.7 Å². The van der Waals surface area contributed by atoms with Gasteiger partial charge in [0.05, 0.1) is 11.5 Å². The fourth-order valence-corrected chi connectivity index (χ4v) is 6.42. The van der Waals surface area contributed by atoms with E-state index in [1.807, 2.05) is 13.8 Å². The predicted molar refractivity (Wildman–Crippen MR) is 133 cm³/mol. The molecule has 0 unspecified atom stereocenters. The first kappa shape index (κ1) is 29.5. The molecular weight excluding hydrogens is 496 g/mol. The molecule has 0 aromatic rings. The van der Waals surface area contributed by atoms with Gasteiger partial charge in [-0.15, -0.1) is 0 Å². The summed E-state index contributed by atoms with van der Waals surface area (Å²) in [4.78, 5) is 63.0. The number of fused-ring (bicyclic) bond motifs is 4. The molecule has 0 aromatic heterocycles. The Kier molecular flexibility index (Phi) is 8.27. The number of aliphatic hydroxyl groups excluding tert-OH is 1. The highest BCUT2D eigenvalue weighted by atomic mass is 16.6. The van der Waals surface area contributed by atoms with E-state index in [-0.39, 0.29) is 19.3 Å². The van der Waals surface area contributed by atoms with Crippen molar-refractivity contribution in [2.24, 2.45) is 16.7 Å². The molecular formula is C28H38O10. The Morgan fingerprint density at radius 1 is 0.868 bits per heavy atom. The van der Waals surface area contributed by atoms with Gasteiger partial charge in [0.2, 0.25) is 0 Å². The highest BCUT2D eigenvalue weighted by molar-refractivity contribution is 5.94. The van der Waals surface area contributed by atoms with Crippen molar-refractivity contribution in [3.05, 3.63) is 22.8 Å². The maximum atomic E-state index is 14.4. The van der Waals surface area contributed by atoms with Gasteiger partial charge in [-0.25, -0.2) is 0 Å². The first-order chi connectivity index (χ1) is 17.5. The highest BCUT2D eigenvalue weighted by Gasteiger charge is 2.58. The van der Waals surface area contributed by atoms with Crippen molar-refractivity contribution in [2.75, 3.05) is 0 Å². The van der Waals surface area contributed by atoms with Gasteiger partial charge in [-0.3, -0.25) is 24.0 Å². The third-order valence-electron chi connectivity index (χ3n) is 8.18. The summed E-state index contributed by atoms with van der Waals surface area (Å²) in [6.07, 6.45) is -3.22. The quantitative estimate of drug-likeness (QED) is 0.325. The Hall–Kier alpha value is -3.01. The van der Waals surface area contributed by atoms with Crippen molar-refractivity contribution >= 4 is 29.7 Å². The van der Waals surface area contributed by atoms with Gasteiger partial charge in [0, 0.05) is 40.0 Å². The minimum absolute atomic E-state index is 0.00662. The van der Waals surface area contributed by atoms with E-state index >= 15 is 0 Å². The second-order valence-corrected chi connectivity index (χ2v) is 11.4. The van der Waals surface area contributed by atoms with E-state index in [1.54, 1.807) is 19.9 Å². The van der Waals surface area contributed by atoms with Crippen molar-refractivity contribution in [3.63, 3.8) is 0 Å². The fourth-order valence-electron chi connectivity index (χ4n) is 6.42. The number of carbonyl (C=O) groups excluding carboxylic acids is 5. The Morgan fingerprint density at radius 3 is 1.95 bits per heavy atom. The summed E-state index contributed by atoms with van der Waals surface area (Å²) in [6, 6.07) is 0. The van der Waals surface area contributed by atoms with Crippen LogP contribution in [0.4, 0.5) is 0 Å². The van der Waals surface area contributed by atoms with Crippen LogP contribution in [0.2, 0.25) is 0 Å². The smallest absolute Gasteiger partial charge is 0.303 e. The average molecular weight is 535 g/mol. The Morgan fingerprint density at radius 2 is 1.42 bits per heavy atom. The summed E-state index contributed by atoms with van der Waals surface area (Å²) in [6.45, 7) is 12.0. The van der Waals surface area contributed by atoms with Crippen LogP contribution >= 0.6 is 0 Å². The molecule has 4 bridgehead atoms. The average Bonchev–Trinajstić information content (AvgIpc) is 2.75. The zero-order chi connectivity index (χ0) is 28.7. The number of carbonyl (C=O) groups is 5. The molecule has 3 rings (SSSR count). The molecule has 1 N–H and O–H groups in total. The summed E-state index contributed by atoms with van der Waals surface area (Å²) in [7, 11) is 0. The van der Waals surface area contributed by atoms with Crippen LogP contribution in [0.3, 0.4) is 0 Å². The van der Waals surface area contributed by atoms with Gasteiger partial charge in [-0.05, 0) is 54.9 Å². The van der Waals surface area contributed by atoms with Gasteiger partial charge in [0.15, 0.2) is 11.9 Å². The van der Waals surface area contributed by atoms with E-state index in [0.717, 1.165) is 0 Å². The molecule has 10 heteroatoms. The standard InChI is InChI=1S/C28H38O10/c1-13-21(35-14(2)29)10-19-22(36-15(3)30)9-18-12-28(8,23(11-20(18)33)37-16(4)31)26(34)25(38-17(5)32)24(13)27(19,6)7/h9,19-23,25,33H,10-12H2,1-8H3/t19-,20-,21-,22-,23-,25+,28-/m0/s1. The minimum Gasteiger partial charge on any atom is -0.461 e. The van der Waals surface area contributed by atoms with E-state index < -0.39 is 76.9 Å². The first-order valence-electron chi connectivity index (χ1n) is 12.8. The van der Waals surface area contributed by atoms with Crippen LogP contribution in [-0.4, -0.2) is 65.3 Å². The van der Waals surface area contributed by atoms with Crippen LogP contribution in [0, 0.1) is 16.7 Å². The second-order valence-electron chi connectivity index (χ2n) is 11.4. The van der Waals surface area contributed by atoms with Crippen LogP contribution in [0.5, 0.6) is 0 Å². The lowest BCUT2D eigenvalue weighted by Crippen LogP contribution is -2.57. The number of esters is 4. The molecule has 210 valence electrons. The molecule has 1 saturated carbocycles. The lowest BCUT2D eigenvalue weighted by atomic mass is 9.57. The number of rotatable bonds is 4. The van der Waals surface area contributed by atoms with E-state index in [4.69, 9.17) is 18.9 Å². The van der Waals surface area contributed by atoms with E-state index in [0.29, 0.717) is 16.7 Å².